The van der Waals surface area contributed by atoms with E-state index >= 15 is 0 Å². The molecule has 0 aliphatic heterocycles. The molecule has 2 aromatic rings. The van der Waals surface area contributed by atoms with E-state index in [-0.39, 0.29) is 6.04 Å². The molecule has 2 rings (SSSR count). The zero-order valence-electron chi connectivity index (χ0n) is 9.41. The molecule has 2 nitrogen and oxygen atoms in total. The highest BCUT2D eigenvalue weighted by molar-refractivity contribution is 14.1. The van der Waals surface area contributed by atoms with E-state index < -0.39 is 0 Å². The van der Waals surface area contributed by atoms with Crippen LogP contribution >= 0.6 is 34.2 Å². The van der Waals surface area contributed by atoms with Crippen LogP contribution in [0.3, 0.4) is 0 Å². The molecular weight excluding hydrogens is 349 g/mol. The minimum atomic E-state index is 0.273. The number of rotatable bonds is 4. The van der Waals surface area contributed by atoms with Crippen LogP contribution in [0.5, 0.6) is 0 Å². The molecule has 0 radical (unpaired) electrons. The van der Waals surface area contributed by atoms with Crippen LogP contribution in [0, 0.1) is 3.77 Å². The summed E-state index contributed by atoms with van der Waals surface area (Å²) in [4.78, 5) is 0. The lowest BCUT2D eigenvalue weighted by atomic mass is 10.1. The molecule has 0 spiro atoms. The lowest BCUT2D eigenvalue weighted by Crippen LogP contribution is -2.17. The number of hydrogen-bond acceptors (Lipinski definition) is 2. The van der Waals surface area contributed by atoms with Crippen LogP contribution < -0.4 is 5.32 Å². The highest BCUT2D eigenvalue weighted by atomic mass is 127. The molecule has 1 N–H and O–H groups in total. The summed E-state index contributed by atoms with van der Waals surface area (Å²) in [5.74, 6) is 0.954. The molecule has 0 aliphatic carbocycles. The van der Waals surface area contributed by atoms with Gasteiger partial charge in [-0.1, -0.05) is 23.7 Å². The lowest BCUT2D eigenvalue weighted by Gasteiger charge is -2.13. The second kappa shape index (κ2) is 5.89. The minimum absolute atomic E-state index is 0.273. The summed E-state index contributed by atoms with van der Waals surface area (Å²) in [6.07, 6.45) is 0. The van der Waals surface area contributed by atoms with E-state index in [9.17, 15) is 0 Å². The molecule has 1 aromatic heterocycles. The van der Waals surface area contributed by atoms with Gasteiger partial charge < -0.3 is 9.73 Å². The van der Waals surface area contributed by atoms with Crippen molar-refractivity contribution in [1.29, 1.82) is 0 Å². The standard InChI is InChI=1S/C13H13ClINO/c1-9(10-2-4-11(14)5-3-10)16-8-12-6-7-13(15)17-12/h2-7,9,16H,8H2,1H3. The van der Waals surface area contributed by atoms with Crippen molar-refractivity contribution in [3.63, 3.8) is 0 Å². The van der Waals surface area contributed by atoms with Gasteiger partial charge in [-0.25, -0.2) is 0 Å². The van der Waals surface area contributed by atoms with Crippen molar-refractivity contribution < 1.29 is 4.42 Å². The third-order valence-electron chi connectivity index (χ3n) is 2.58. The van der Waals surface area contributed by atoms with Crippen molar-refractivity contribution in [2.75, 3.05) is 0 Å². The first-order valence-corrected chi connectivity index (χ1v) is 6.84. The maximum atomic E-state index is 5.86. The molecule has 90 valence electrons. The van der Waals surface area contributed by atoms with Gasteiger partial charge in [0.25, 0.3) is 0 Å². The van der Waals surface area contributed by atoms with Crippen LogP contribution in [0.2, 0.25) is 5.02 Å². The second-order valence-electron chi connectivity index (χ2n) is 3.86. The molecule has 0 bridgehead atoms. The average molecular weight is 362 g/mol. The quantitative estimate of drug-likeness (QED) is 0.817. The molecule has 17 heavy (non-hydrogen) atoms. The Morgan fingerprint density at radius 3 is 2.53 bits per heavy atom. The number of furan rings is 1. The fourth-order valence-corrected chi connectivity index (χ4v) is 2.16. The van der Waals surface area contributed by atoms with Gasteiger partial charge in [-0.05, 0) is 59.3 Å². The molecule has 1 aromatic carbocycles. The van der Waals surface area contributed by atoms with Gasteiger partial charge in [0.1, 0.15) is 5.76 Å². The lowest BCUT2D eigenvalue weighted by molar-refractivity contribution is 0.445. The summed E-state index contributed by atoms with van der Waals surface area (Å²) in [5, 5.41) is 4.17. The molecule has 0 saturated heterocycles. The summed E-state index contributed by atoms with van der Waals surface area (Å²) in [7, 11) is 0. The maximum Gasteiger partial charge on any atom is 0.164 e. The van der Waals surface area contributed by atoms with Crippen molar-refractivity contribution in [1.82, 2.24) is 5.32 Å². The zero-order valence-corrected chi connectivity index (χ0v) is 12.3. The van der Waals surface area contributed by atoms with Crippen LogP contribution in [-0.4, -0.2) is 0 Å². The Morgan fingerprint density at radius 1 is 1.24 bits per heavy atom. The van der Waals surface area contributed by atoms with Crippen LogP contribution in [0.25, 0.3) is 0 Å². The number of benzene rings is 1. The predicted molar refractivity (Wildman–Crippen MR) is 78.1 cm³/mol. The fraction of sp³-hybridized carbons (Fsp3) is 0.231. The van der Waals surface area contributed by atoms with Crippen LogP contribution in [0.15, 0.2) is 40.8 Å². The van der Waals surface area contributed by atoms with Crippen LogP contribution in [-0.2, 0) is 6.54 Å². The highest BCUT2D eigenvalue weighted by Crippen LogP contribution is 2.17. The summed E-state index contributed by atoms with van der Waals surface area (Å²) in [6.45, 7) is 2.85. The molecule has 0 aliphatic rings. The van der Waals surface area contributed by atoms with Gasteiger partial charge in [0.05, 0.1) is 6.54 Å². The van der Waals surface area contributed by atoms with Gasteiger partial charge in [-0.15, -0.1) is 0 Å². The van der Waals surface area contributed by atoms with Gasteiger partial charge in [0.2, 0.25) is 0 Å². The molecule has 0 amide bonds. The van der Waals surface area contributed by atoms with Crippen molar-refractivity contribution in [3.05, 3.63) is 56.5 Å². The topological polar surface area (TPSA) is 25.2 Å². The summed E-state index contributed by atoms with van der Waals surface area (Å²) < 4.78 is 6.41. The first-order chi connectivity index (χ1) is 8.15. The van der Waals surface area contributed by atoms with Gasteiger partial charge in [-0.2, -0.15) is 0 Å². The molecule has 0 saturated carbocycles. The highest BCUT2D eigenvalue weighted by Gasteiger charge is 2.06. The molecule has 1 unspecified atom stereocenters. The van der Waals surface area contributed by atoms with Crippen molar-refractivity contribution in [3.8, 4) is 0 Å². The number of nitrogens with one attached hydrogen (secondary N) is 1. The summed E-state index contributed by atoms with van der Waals surface area (Å²) in [5.41, 5.74) is 1.22. The van der Waals surface area contributed by atoms with Gasteiger partial charge >= 0.3 is 0 Å². The first kappa shape index (κ1) is 12.9. The van der Waals surface area contributed by atoms with E-state index in [4.69, 9.17) is 16.0 Å². The smallest absolute Gasteiger partial charge is 0.164 e. The van der Waals surface area contributed by atoms with E-state index in [1.165, 1.54) is 5.56 Å². The number of hydrogen-bond donors (Lipinski definition) is 1. The van der Waals surface area contributed by atoms with Gasteiger partial charge in [0, 0.05) is 11.1 Å². The Kier molecular flexibility index (Phi) is 4.48. The van der Waals surface area contributed by atoms with E-state index in [1.807, 2.05) is 36.4 Å². The monoisotopic (exact) mass is 361 g/mol. The van der Waals surface area contributed by atoms with E-state index in [2.05, 4.69) is 34.8 Å². The van der Waals surface area contributed by atoms with E-state index in [0.717, 1.165) is 21.1 Å². The molecule has 1 heterocycles. The van der Waals surface area contributed by atoms with Crippen LogP contribution in [0.4, 0.5) is 0 Å². The summed E-state index contributed by atoms with van der Waals surface area (Å²) in [6, 6.07) is 12.1. The molecular formula is C13H13ClINO. The minimum Gasteiger partial charge on any atom is -0.454 e. The Balaban J connectivity index is 1.93. The largest absolute Gasteiger partial charge is 0.454 e. The summed E-state index contributed by atoms with van der Waals surface area (Å²) >= 11 is 8.02. The Bertz CT molecular complexity index is 480. The zero-order chi connectivity index (χ0) is 12.3. The SMILES string of the molecule is CC(NCc1ccc(I)o1)c1ccc(Cl)cc1. The molecule has 0 fully saturated rings. The number of halogens is 2. The Hall–Kier alpha value is -0.520. The van der Waals surface area contributed by atoms with Crippen molar-refractivity contribution in [2.45, 2.75) is 19.5 Å². The van der Waals surface area contributed by atoms with E-state index in [1.54, 1.807) is 0 Å². The predicted octanol–water partition coefficient (Wildman–Crippen LogP) is 4.39. The second-order valence-corrected chi connectivity index (χ2v) is 5.36. The Labute approximate surface area is 119 Å². The molecule has 1 atom stereocenters. The molecule has 4 heteroatoms. The normalized spacial score (nSPS) is 12.6. The van der Waals surface area contributed by atoms with Gasteiger partial charge in [-0.3, -0.25) is 0 Å². The Morgan fingerprint density at radius 2 is 1.94 bits per heavy atom. The van der Waals surface area contributed by atoms with Crippen molar-refractivity contribution in [2.24, 2.45) is 0 Å². The third-order valence-corrected chi connectivity index (χ3v) is 3.41. The first-order valence-electron chi connectivity index (χ1n) is 5.38. The maximum absolute atomic E-state index is 5.86. The van der Waals surface area contributed by atoms with Crippen molar-refractivity contribution >= 4 is 34.2 Å². The van der Waals surface area contributed by atoms with E-state index in [0.29, 0.717) is 0 Å². The fourth-order valence-electron chi connectivity index (χ4n) is 1.57. The average Bonchev–Trinajstić information content (AvgIpc) is 2.73. The van der Waals surface area contributed by atoms with Gasteiger partial charge in [0.15, 0.2) is 3.77 Å². The third kappa shape index (κ3) is 3.72. The van der Waals surface area contributed by atoms with Crippen LogP contribution in [0.1, 0.15) is 24.3 Å².